The van der Waals surface area contributed by atoms with E-state index in [4.69, 9.17) is 0 Å². The van der Waals surface area contributed by atoms with Crippen LogP contribution < -0.4 is 5.32 Å². The van der Waals surface area contributed by atoms with E-state index in [1.165, 1.54) is 25.8 Å². The monoisotopic (exact) mass is 268 g/mol. The van der Waals surface area contributed by atoms with Gasteiger partial charge in [-0.2, -0.15) is 0 Å². The van der Waals surface area contributed by atoms with Gasteiger partial charge in [0.2, 0.25) is 0 Å². The Balaban J connectivity index is 2.78. The number of nitrogens with one attached hydrogen (secondary N) is 1. The van der Waals surface area contributed by atoms with E-state index in [9.17, 15) is 0 Å². The molecule has 1 fully saturated rings. The van der Waals surface area contributed by atoms with Crippen molar-refractivity contribution in [2.24, 2.45) is 11.8 Å². The third-order valence-corrected chi connectivity index (χ3v) is 4.60. The summed E-state index contributed by atoms with van der Waals surface area (Å²) in [5.41, 5.74) is 0.334. The Morgan fingerprint density at radius 2 is 1.84 bits per heavy atom. The summed E-state index contributed by atoms with van der Waals surface area (Å²) in [6.45, 7) is 18.9. The van der Waals surface area contributed by atoms with Gasteiger partial charge in [-0.1, -0.05) is 41.0 Å². The number of piperazine rings is 1. The van der Waals surface area contributed by atoms with Crippen molar-refractivity contribution in [1.29, 1.82) is 0 Å². The van der Waals surface area contributed by atoms with E-state index in [0.717, 1.165) is 18.4 Å². The first kappa shape index (κ1) is 17.0. The van der Waals surface area contributed by atoms with Crippen LogP contribution in [0.25, 0.3) is 0 Å². The highest BCUT2D eigenvalue weighted by molar-refractivity contribution is 4.95. The fraction of sp³-hybridized carbons (Fsp3) is 1.00. The van der Waals surface area contributed by atoms with Crippen molar-refractivity contribution in [1.82, 2.24) is 10.2 Å². The summed E-state index contributed by atoms with van der Waals surface area (Å²) in [6, 6.07) is 1.36. The molecule has 2 unspecified atom stereocenters. The summed E-state index contributed by atoms with van der Waals surface area (Å²) in [7, 11) is 0. The maximum atomic E-state index is 3.78. The molecule has 1 aliphatic heterocycles. The summed E-state index contributed by atoms with van der Waals surface area (Å²) in [5, 5.41) is 3.78. The second-order valence-corrected chi connectivity index (χ2v) is 7.76. The van der Waals surface area contributed by atoms with Crippen LogP contribution in [-0.2, 0) is 0 Å². The van der Waals surface area contributed by atoms with Crippen molar-refractivity contribution in [3.05, 3.63) is 0 Å². The van der Waals surface area contributed by atoms with E-state index >= 15 is 0 Å². The smallest absolute Gasteiger partial charge is 0.0249 e. The maximum Gasteiger partial charge on any atom is 0.0249 e. The molecule has 1 rings (SSSR count). The van der Waals surface area contributed by atoms with Crippen LogP contribution in [0.5, 0.6) is 0 Å². The third-order valence-electron chi connectivity index (χ3n) is 4.60. The molecule has 1 N–H and O–H groups in total. The number of nitrogens with zero attached hydrogens (tertiary/aromatic N) is 1. The second-order valence-electron chi connectivity index (χ2n) is 7.76. The van der Waals surface area contributed by atoms with Crippen LogP contribution in [0.15, 0.2) is 0 Å². The van der Waals surface area contributed by atoms with Crippen LogP contribution in [0, 0.1) is 11.8 Å². The predicted molar refractivity (Wildman–Crippen MR) is 85.6 cm³/mol. The van der Waals surface area contributed by atoms with Crippen molar-refractivity contribution in [2.75, 3.05) is 13.1 Å². The van der Waals surface area contributed by atoms with Crippen LogP contribution in [0.4, 0.5) is 0 Å². The molecule has 1 heterocycles. The lowest BCUT2D eigenvalue weighted by Gasteiger charge is -2.51. The average Bonchev–Trinajstić information content (AvgIpc) is 2.27. The Kier molecular flexibility index (Phi) is 6.32. The van der Waals surface area contributed by atoms with Gasteiger partial charge >= 0.3 is 0 Å². The minimum absolute atomic E-state index is 0.334. The quantitative estimate of drug-likeness (QED) is 0.786. The molecule has 1 aliphatic rings. The molecule has 0 amide bonds. The van der Waals surface area contributed by atoms with Gasteiger partial charge in [0.05, 0.1) is 0 Å². The molecule has 0 aromatic heterocycles. The van der Waals surface area contributed by atoms with Gasteiger partial charge < -0.3 is 5.32 Å². The fourth-order valence-electron chi connectivity index (χ4n) is 3.61. The molecule has 2 nitrogen and oxygen atoms in total. The summed E-state index contributed by atoms with van der Waals surface area (Å²) in [6.07, 6.45) is 3.87. The van der Waals surface area contributed by atoms with Gasteiger partial charge in [-0.15, -0.1) is 0 Å². The van der Waals surface area contributed by atoms with Gasteiger partial charge in [0.25, 0.3) is 0 Å². The van der Waals surface area contributed by atoms with E-state index in [1.807, 2.05) is 0 Å². The first-order chi connectivity index (χ1) is 8.77. The Labute approximate surface area is 121 Å². The van der Waals surface area contributed by atoms with Gasteiger partial charge in [0.15, 0.2) is 0 Å². The van der Waals surface area contributed by atoms with Crippen molar-refractivity contribution in [3.63, 3.8) is 0 Å². The molecule has 2 atom stereocenters. The molecular formula is C17H36N2. The van der Waals surface area contributed by atoms with Gasteiger partial charge in [0.1, 0.15) is 0 Å². The number of hydrogen-bond acceptors (Lipinski definition) is 2. The van der Waals surface area contributed by atoms with Crippen LogP contribution in [0.2, 0.25) is 0 Å². The first-order valence-electron chi connectivity index (χ1n) is 8.28. The third kappa shape index (κ3) is 4.75. The molecular weight excluding hydrogens is 232 g/mol. The fourth-order valence-corrected chi connectivity index (χ4v) is 3.61. The normalized spacial score (nSPS) is 26.4. The largest absolute Gasteiger partial charge is 0.311 e. The Hall–Kier alpha value is -0.0800. The molecule has 0 saturated carbocycles. The van der Waals surface area contributed by atoms with E-state index < -0.39 is 0 Å². The van der Waals surface area contributed by atoms with Crippen molar-refractivity contribution in [2.45, 2.75) is 85.4 Å². The van der Waals surface area contributed by atoms with Gasteiger partial charge in [-0.25, -0.2) is 0 Å². The number of rotatable bonds is 6. The summed E-state index contributed by atoms with van der Waals surface area (Å²) < 4.78 is 0. The van der Waals surface area contributed by atoms with Gasteiger partial charge in [-0.3, -0.25) is 4.90 Å². The van der Waals surface area contributed by atoms with E-state index in [2.05, 4.69) is 58.7 Å². The van der Waals surface area contributed by atoms with E-state index in [-0.39, 0.29) is 0 Å². The first-order valence-corrected chi connectivity index (χ1v) is 8.28. The van der Waals surface area contributed by atoms with Crippen molar-refractivity contribution in [3.8, 4) is 0 Å². The Morgan fingerprint density at radius 3 is 2.32 bits per heavy atom. The molecule has 114 valence electrons. The minimum atomic E-state index is 0.334. The zero-order valence-electron chi connectivity index (χ0n) is 14.3. The van der Waals surface area contributed by atoms with Crippen LogP contribution in [0.3, 0.4) is 0 Å². The summed E-state index contributed by atoms with van der Waals surface area (Å²) in [5.74, 6) is 1.51. The zero-order chi connectivity index (χ0) is 14.6. The lowest BCUT2D eigenvalue weighted by molar-refractivity contribution is 0.00207. The lowest BCUT2D eigenvalue weighted by atomic mass is 9.87. The summed E-state index contributed by atoms with van der Waals surface area (Å²) >= 11 is 0. The van der Waals surface area contributed by atoms with Crippen molar-refractivity contribution >= 4 is 0 Å². The molecule has 0 aromatic rings. The maximum absolute atomic E-state index is 3.78. The topological polar surface area (TPSA) is 15.3 Å². The minimum Gasteiger partial charge on any atom is -0.311 e. The average molecular weight is 268 g/mol. The van der Waals surface area contributed by atoms with E-state index in [1.54, 1.807) is 0 Å². The molecule has 0 radical (unpaired) electrons. The molecule has 1 saturated heterocycles. The molecule has 0 bridgehead atoms. The zero-order valence-corrected chi connectivity index (χ0v) is 14.3. The Bertz CT molecular complexity index is 258. The lowest BCUT2D eigenvalue weighted by Crippen LogP contribution is -2.64. The van der Waals surface area contributed by atoms with E-state index in [0.29, 0.717) is 17.6 Å². The van der Waals surface area contributed by atoms with Crippen LogP contribution in [0.1, 0.15) is 67.7 Å². The molecule has 0 spiro atoms. The van der Waals surface area contributed by atoms with Gasteiger partial charge in [-0.05, 0) is 38.5 Å². The number of hydrogen-bond donors (Lipinski definition) is 1. The molecule has 0 aliphatic carbocycles. The Morgan fingerprint density at radius 1 is 1.21 bits per heavy atom. The standard InChI is InChI=1S/C17H36N2/c1-8-9-17(6,7)19-12-15(10-13(2)3)18-11-16(19)14(4)5/h13-16,18H,8-12H2,1-7H3. The van der Waals surface area contributed by atoms with Gasteiger partial charge in [0, 0.05) is 30.7 Å². The van der Waals surface area contributed by atoms with Crippen LogP contribution >= 0.6 is 0 Å². The van der Waals surface area contributed by atoms with Crippen molar-refractivity contribution < 1.29 is 0 Å². The molecule has 2 heteroatoms. The van der Waals surface area contributed by atoms with Crippen LogP contribution in [-0.4, -0.2) is 35.6 Å². The second kappa shape index (κ2) is 7.08. The SMILES string of the molecule is CCCC(C)(C)N1CC(CC(C)C)NCC1C(C)C. The molecule has 19 heavy (non-hydrogen) atoms. The predicted octanol–water partition coefficient (Wildman–Crippen LogP) is 3.91. The summed E-state index contributed by atoms with van der Waals surface area (Å²) in [4.78, 5) is 2.80. The highest BCUT2D eigenvalue weighted by Gasteiger charge is 2.37. The molecule has 0 aromatic carbocycles. The highest BCUT2D eigenvalue weighted by atomic mass is 15.3. The highest BCUT2D eigenvalue weighted by Crippen LogP contribution is 2.29.